The lowest BCUT2D eigenvalue weighted by Gasteiger charge is -2.18. The summed E-state index contributed by atoms with van der Waals surface area (Å²) in [6, 6.07) is 3.83. The number of amides is 1. The van der Waals surface area contributed by atoms with Crippen molar-refractivity contribution in [3.63, 3.8) is 0 Å². The fraction of sp³-hybridized carbons (Fsp3) is 0.500. The highest BCUT2D eigenvalue weighted by Crippen LogP contribution is 2.27. The quantitative estimate of drug-likeness (QED) is 0.479. The van der Waals surface area contributed by atoms with Crippen molar-refractivity contribution in [3.8, 4) is 5.75 Å². The molecule has 0 aromatic heterocycles. The van der Waals surface area contributed by atoms with E-state index in [1.807, 2.05) is 26.0 Å². The van der Waals surface area contributed by atoms with E-state index in [1.165, 1.54) is 0 Å². The zero-order valence-electron chi connectivity index (χ0n) is 11.6. The van der Waals surface area contributed by atoms with Crippen LogP contribution in [-0.2, 0) is 4.79 Å². The Labute approximate surface area is 122 Å². The number of hydrogen-bond acceptors (Lipinski definition) is 3. The molecule has 0 radical (unpaired) electrons. The Morgan fingerprint density at radius 2 is 2.00 bits per heavy atom. The van der Waals surface area contributed by atoms with E-state index < -0.39 is 6.10 Å². The Kier molecular flexibility index (Phi) is 6.31. The van der Waals surface area contributed by atoms with E-state index in [2.05, 4.69) is 28.3 Å². The number of nitrogens with one attached hydrogen (secondary N) is 1. The number of unbranched alkanes of at least 4 members (excludes halogenated alkanes) is 1. The maximum Gasteiger partial charge on any atom is 0.274 e. The summed E-state index contributed by atoms with van der Waals surface area (Å²) in [4.78, 5) is 11.7. The van der Waals surface area contributed by atoms with Crippen molar-refractivity contribution >= 4 is 21.8 Å². The average molecular weight is 329 g/mol. The zero-order chi connectivity index (χ0) is 14.4. The summed E-state index contributed by atoms with van der Waals surface area (Å²) in [6.45, 7) is 6.06. The third-order valence-electron chi connectivity index (χ3n) is 2.94. The number of halogens is 1. The minimum absolute atomic E-state index is 0.285. The Balaban J connectivity index is 2.86. The van der Waals surface area contributed by atoms with Gasteiger partial charge >= 0.3 is 0 Å². The first-order chi connectivity index (χ1) is 8.99. The highest BCUT2D eigenvalue weighted by molar-refractivity contribution is 9.10. The summed E-state index contributed by atoms with van der Waals surface area (Å²) < 4.78 is 6.84. The molecule has 0 heterocycles. The van der Waals surface area contributed by atoms with Gasteiger partial charge in [-0.1, -0.05) is 29.3 Å². The van der Waals surface area contributed by atoms with E-state index in [9.17, 15) is 4.79 Å². The monoisotopic (exact) mass is 328 g/mol. The van der Waals surface area contributed by atoms with Crippen LogP contribution in [0.25, 0.3) is 0 Å². The first-order valence-electron chi connectivity index (χ1n) is 6.43. The van der Waals surface area contributed by atoms with Crippen LogP contribution in [0, 0.1) is 13.8 Å². The molecule has 0 saturated heterocycles. The molecule has 1 rings (SSSR count). The van der Waals surface area contributed by atoms with Gasteiger partial charge in [0.1, 0.15) is 5.75 Å². The Morgan fingerprint density at radius 1 is 1.42 bits per heavy atom. The molecule has 0 spiro atoms. The van der Waals surface area contributed by atoms with Crippen LogP contribution in [0.1, 0.15) is 37.3 Å². The molecular weight excluding hydrogens is 308 g/mol. The van der Waals surface area contributed by atoms with Crippen LogP contribution in [0.5, 0.6) is 5.75 Å². The second kappa shape index (κ2) is 7.50. The number of carbonyl (C=O) groups is 1. The number of rotatable bonds is 6. The molecule has 1 atom stereocenters. The molecule has 1 amide bonds. The van der Waals surface area contributed by atoms with Crippen LogP contribution in [0.3, 0.4) is 0 Å². The summed E-state index contributed by atoms with van der Waals surface area (Å²) in [6.07, 6.45) is 2.06. The van der Waals surface area contributed by atoms with E-state index in [0.717, 1.165) is 28.4 Å². The molecule has 0 fully saturated rings. The van der Waals surface area contributed by atoms with E-state index in [0.29, 0.717) is 12.2 Å². The van der Waals surface area contributed by atoms with Gasteiger partial charge in [0.05, 0.1) is 0 Å². The van der Waals surface area contributed by atoms with Crippen molar-refractivity contribution in [2.24, 2.45) is 5.84 Å². The van der Waals surface area contributed by atoms with Gasteiger partial charge in [-0.2, -0.15) is 0 Å². The number of nitrogens with two attached hydrogens (primary N) is 1. The van der Waals surface area contributed by atoms with Crippen LogP contribution in [-0.4, -0.2) is 12.0 Å². The molecular formula is C14H21BrN2O2. The maximum absolute atomic E-state index is 11.7. The smallest absolute Gasteiger partial charge is 0.274 e. The van der Waals surface area contributed by atoms with E-state index >= 15 is 0 Å². The molecule has 1 aromatic carbocycles. The lowest BCUT2D eigenvalue weighted by atomic mass is 10.1. The molecule has 0 saturated carbocycles. The van der Waals surface area contributed by atoms with Gasteiger partial charge in [-0.3, -0.25) is 10.2 Å². The van der Waals surface area contributed by atoms with Gasteiger partial charge in [-0.25, -0.2) is 5.84 Å². The molecule has 1 aromatic rings. The minimum Gasteiger partial charge on any atom is -0.481 e. The van der Waals surface area contributed by atoms with E-state index in [1.54, 1.807) is 0 Å². The third kappa shape index (κ3) is 4.51. The van der Waals surface area contributed by atoms with Crippen molar-refractivity contribution < 1.29 is 9.53 Å². The average Bonchev–Trinajstić information content (AvgIpc) is 2.39. The molecule has 4 nitrogen and oxygen atoms in total. The van der Waals surface area contributed by atoms with Crippen LogP contribution in [0.2, 0.25) is 0 Å². The zero-order valence-corrected chi connectivity index (χ0v) is 13.2. The SMILES string of the molecule is CCCCC(Oc1cc(C)c(Br)c(C)c1)C(=O)NN. The van der Waals surface area contributed by atoms with E-state index in [-0.39, 0.29) is 5.91 Å². The van der Waals surface area contributed by atoms with Gasteiger partial charge in [0.25, 0.3) is 5.91 Å². The van der Waals surface area contributed by atoms with Crippen molar-refractivity contribution in [3.05, 3.63) is 27.7 Å². The van der Waals surface area contributed by atoms with Gasteiger partial charge in [-0.15, -0.1) is 0 Å². The molecule has 0 bridgehead atoms. The maximum atomic E-state index is 11.7. The normalized spacial score (nSPS) is 12.1. The van der Waals surface area contributed by atoms with Gasteiger partial charge in [0, 0.05) is 4.47 Å². The molecule has 1 unspecified atom stereocenters. The molecule has 5 heteroatoms. The second-order valence-corrected chi connectivity index (χ2v) is 5.42. The van der Waals surface area contributed by atoms with Crippen LogP contribution in [0.15, 0.2) is 16.6 Å². The predicted octanol–water partition coefficient (Wildman–Crippen LogP) is 2.99. The summed E-state index contributed by atoms with van der Waals surface area (Å²) in [5.41, 5.74) is 4.32. The molecule has 19 heavy (non-hydrogen) atoms. The molecule has 106 valence electrons. The fourth-order valence-corrected chi connectivity index (χ4v) is 2.09. The summed E-state index contributed by atoms with van der Waals surface area (Å²) in [5, 5.41) is 0. The fourth-order valence-electron chi connectivity index (χ4n) is 1.86. The van der Waals surface area contributed by atoms with E-state index in [4.69, 9.17) is 10.6 Å². The number of aryl methyl sites for hydroxylation is 2. The Morgan fingerprint density at radius 3 is 2.47 bits per heavy atom. The minimum atomic E-state index is -0.537. The Bertz CT molecular complexity index is 426. The predicted molar refractivity (Wildman–Crippen MR) is 79.9 cm³/mol. The molecule has 0 aliphatic carbocycles. The summed E-state index contributed by atoms with van der Waals surface area (Å²) in [7, 11) is 0. The highest BCUT2D eigenvalue weighted by Gasteiger charge is 2.19. The number of hydrazine groups is 1. The van der Waals surface area contributed by atoms with Gasteiger partial charge in [0.2, 0.25) is 0 Å². The molecule has 0 aliphatic heterocycles. The lowest BCUT2D eigenvalue weighted by molar-refractivity contribution is -0.128. The lowest BCUT2D eigenvalue weighted by Crippen LogP contribution is -2.42. The van der Waals surface area contributed by atoms with Crippen molar-refractivity contribution in [2.45, 2.75) is 46.1 Å². The first kappa shape index (κ1) is 16.0. The van der Waals surface area contributed by atoms with Crippen molar-refractivity contribution in [2.75, 3.05) is 0 Å². The number of ether oxygens (including phenoxy) is 1. The second-order valence-electron chi connectivity index (χ2n) is 4.63. The number of hydrogen-bond donors (Lipinski definition) is 2. The van der Waals surface area contributed by atoms with Gasteiger partial charge < -0.3 is 4.74 Å². The standard InChI is InChI=1S/C14H21BrN2O2/c1-4-5-6-12(14(18)17-16)19-11-7-9(2)13(15)10(3)8-11/h7-8,12H,4-6,16H2,1-3H3,(H,17,18). The first-order valence-corrected chi connectivity index (χ1v) is 7.22. The largest absolute Gasteiger partial charge is 0.481 e. The summed E-state index contributed by atoms with van der Waals surface area (Å²) >= 11 is 3.51. The van der Waals surface area contributed by atoms with Crippen LogP contribution in [0.4, 0.5) is 0 Å². The van der Waals surface area contributed by atoms with Gasteiger partial charge in [0.15, 0.2) is 6.10 Å². The van der Waals surface area contributed by atoms with Crippen molar-refractivity contribution in [1.82, 2.24) is 5.43 Å². The Hall–Kier alpha value is -1.07. The van der Waals surface area contributed by atoms with Crippen molar-refractivity contribution in [1.29, 1.82) is 0 Å². The number of carbonyl (C=O) groups excluding carboxylic acids is 1. The summed E-state index contributed by atoms with van der Waals surface area (Å²) in [5.74, 6) is 5.61. The topological polar surface area (TPSA) is 64.3 Å². The highest BCUT2D eigenvalue weighted by atomic mass is 79.9. The molecule has 0 aliphatic rings. The third-order valence-corrected chi connectivity index (χ3v) is 4.19. The number of benzene rings is 1. The van der Waals surface area contributed by atoms with Gasteiger partial charge in [-0.05, 0) is 49.9 Å². The van der Waals surface area contributed by atoms with Crippen LogP contribution < -0.4 is 16.0 Å². The molecule has 3 N–H and O–H groups in total. The van der Waals surface area contributed by atoms with Crippen LogP contribution >= 0.6 is 15.9 Å².